The summed E-state index contributed by atoms with van der Waals surface area (Å²) in [7, 11) is 0. The Morgan fingerprint density at radius 2 is 2.15 bits per heavy atom. The monoisotopic (exact) mass is 279 g/mol. The molecule has 0 aliphatic carbocycles. The predicted octanol–water partition coefficient (Wildman–Crippen LogP) is 2.47. The van der Waals surface area contributed by atoms with Crippen molar-refractivity contribution in [1.82, 2.24) is 4.90 Å². The Hall–Kier alpha value is -2.04. The molecule has 0 saturated heterocycles. The van der Waals surface area contributed by atoms with Crippen LogP contribution < -0.4 is 4.74 Å². The van der Waals surface area contributed by atoms with Gasteiger partial charge in [0.25, 0.3) is 0 Å². The molecule has 0 aliphatic heterocycles. The summed E-state index contributed by atoms with van der Waals surface area (Å²) < 4.78 is 5.50. The van der Waals surface area contributed by atoms with Crippen LogP contribution in [0.15, 0.2) is 24.3 Å². The first kappa shape index (κ1) is 16.0. The molecule has 1 N–H and O–H groups in total. The Balaban J connectivity index is 3.01. The second kappa shape index (κ2) is 8.19. The van der Waals surface area contributed by atoms with Crippen molar-refractivity contribution in [3.63, 3.8) is 0 Å². The fourth-order valence-corrected chi connectivity index (χ4v) is 1.97. The summed E-state index contributed by atoms with van der Waals surface area (Å²) in [5.74, 6) is -0.420. The minimum atomic E-state index is -1.04. The van der Waals surface area contributed by atoms with Gasteiger partial charge in [-0.3, -0.25) is 4.79 Å². The van der Waals surface area contributed by atoms with Gasteiger partial charge in [0.2, 0.25) is 6.41 Å². The molecule has 20 heavy (non-hydrogen) atoms. The predicted molar refractivity (Wildman–Crippen MR) is 75.7 cm³/mol. The lowest BCUT2D eigenvalue weighted by Gasteiger charge is -2.25. The Morgan fingerprint density at radius 3 is 2.70 bits per heavy atom. The normalized spacial score (nSPS) is 11.7. The molecule has 1 atom stereocenters. The number of carboxylic acid groups (broad SMARTS) is 1. The number of hydrogen-bond acceptors (Lipinski definition) is 3. The highest BCUT2D eigenvalue weighted by atomic mass is 16.5. The molecule has 1 unspecified atom stereocenters. The average Bonchev–Trinajstić information content (AvgIpc) is 2.44. The van der Waals surface area contributed by atoms with E-state index in [4.69, 9.17) is 4.74 Å². The number of benzene rings is 1. The number of amides is 1. The fourth-order valence-electron chi connectivity index (χ4n) is 1.97. The highest BCUT2D eigenvalue weighted by molar-refractivity contribution is 5.78. The molecule has 0 bridgehead atoms. The van der Waals surface area contributed by atoms with E-state index in [1.807, 2.05) is 13.8 Å². The molecule has 0 spiro atoms. The van der Waals surface area contributed by atoms with E-state index in [-0.39, 0.29) is 0 Å². The third-order valence-electron chi connectivity index (χ3n) is 2.83. The summed E-state index contributed by atoms with van der Waals surface area (Å²) in [6.45, 7) is 4.88. The minimum Gasteiger partial charge on any atom is -0.494 e. The molecule has 0 aliphatic rings. The molecule has 0 fully saturated rings. The summed E-state index contributed by atoms with van der Waals surface area (Å²) in [4.78, 5) is 23.9. The first-order chi connectivity index (χ1) is 9.63. The lowest BCUT2D eigenvalue weighted by Crippen LogP contribution is -2.33. The molecule has 1 aromatic carbocycles. The molecule has 0 aromatic heterocycles. The van der Waals surface area contributed by atoms with E-state index in [1.165, 1.54) is 4.90 Å². The number of hydrogen-bond donors (Lipinski definition) is 1. The van der Waals surface area contributed by atoms with Gasteiger partial charge < -0.3 is 14.7 Å². The van der Waals surface area contributed by atoms with Gasteiger partial charge >= 0.3 is 5.97 Å². The van der Waals surface area contributed by atoms with Crippen molar-refractivity contribution in [3.8, 4) is 5.75 Å². The van der Waals surface area contributed by atoms with Gasteiger partial charge in [-0.05, 0) is 30.5 Å². The van der Waals surface area contributed by atoms with Gasteiger partial charge in [-0.15, -0.1) is 0 Å². The zero-order chi connectivity index (χ0) is 15.0. The highest BCUT2D eigenvalue weighted by Crippen LogP contribution is 2.24. The standard InChI is InChI=1S/C15H21NO4/c1-3-8-16(11-17)14(15(18)19)12-6-5-7-13(10-12)20-9-4-2/h5-7,10-11,14H,3-4,8-9H2,1-2H3,(H,18,19). The maximum atomic E-state index is 11.5. The van der Waals surface area contributed by atoms with Crippen LogP contribution in [0.5, 0.6) is 5.75 Å². The molecular formula is C15H21NO4. The maximum Gasteiger partial charge on any atom is 0.331 e. The Labute approximate surface area is 119 Å². The quantitative estimate of drug-likeness (QED) is 0.705. The van der Waals surface area contributed by atoms with Crippen molar-refractivity contribution in [2.75, 3.05) is 13.2 Å². The first-order valence-electron chi connectivity index (χ1n) is 6.80. The third kappa shape index (κ3) is 4.26. The molecular weight excluding hydrogens is 258 g/mol. The van der Waals surface area contributed by atoms with Crippen molar-refractivity contribution in [2.24, 2.45) is 0 Å². The maximum absolute atomic E-state index is 11.5. The van der Waals surface area contributed by atoms with Gasteiger partial charge in [0, 0.05) is 6.54 Å². The highest BCUT2D eigenvalue weighted by Gasteiger charge is 2.26. The SMILES string of the molecule is CCCOc1cccc(C(C(=O)O)N(C=O)CCC)c1. The van der Waals surface area contributed by atoms with Gasteiger partial charge in [-0.1, -0.05) is 26.0 Å². The Bertz CT molecular complexity index is 447. The van der Waals surface area contributed by atoms with Crippen LogP contribution in [0.3, 0.4) is 0 Å². The largest absolute Gasteiger partial charge is 0.494 e. The lowest BCUT2D eigenvalue weighted by molar-refractivity contribution is -0.146. The average molecular weight is 279 g/mol. The molecule has 1 aromatic rings. The van der Waals surface area contributed by atoms with Crippen LogP contribution in [0.1, 0.15) is 38.3 Å². The van der Waals surface area contributed by atoms with Gasteiger partial charge in [-0.25, -0.2) is 4.79 Å². The second-order valence-corrected chi connectivity index (χ2v) is 4.50. The van der Waals surface area contributed by atoms with Crippen molar-refractivity contribution < 1.29 is 19.4 Å². The second-order valence-electron chi connectivity index (χ2n) is 4.50. The smallest absolute Gasteiger partial charge is 0.331 e. The fraction of sp³-hybridized carbons (Fsp3) is 0.467. The third-order valence-corrected chi connectivity index (χ3v) is 2.83. The minimum absolute atomic E-state index is 0.403. The van der Waals surface area contributed by atoms with Crippen LogP contribution in [0.25, 0.3) is 0 Å². The number of carboxylic acids is 1. The van der Waals surface area contributed by atoms with Crippen LogP contribution >= 0.6 is 0 Å². The summed E-state index contributed by atoms with van der Waals surface area (Å²) in [5.41, 5.74) is 0.548. The molecule has 0 radical (unpaired) electrons. The van der Waals surface area contributed by atoms with E-state index in [1.54, 1.807) is 24.3 Å². The number of carbonyl (C=O) groups is 2. The van der Waals surface area contributed by atoms with Crippen LogP contribution in [0.4, 0.5) is 0 Å². The van der Waals surface area contributed by atoms with Crippen LogP contribution in [0, 0.1) is 0 Å². The molecule has 1 rings (SSSR count). The van der Waals surface area contributed by atoms with Crippen LogP contribution in [0.2, 0.25) is 0 Å². The van der Waals surface area contributed by atoms with Gasteiger partial charge in [-0.2, -0.15) is 0 Å². The van der Waals surface area contributed by atoms with E-state index in [2.05, 4.69) is 0 Å². The summed E-state index contributed by atoms with van der Waals surface area (Å²) in [5, 5.41) is 9.38. The molecule has 0 saturated carbocycles. The van der Waals surface area contributed by atoms with Crippen molar-refractivity contribution in [3.05, 3.63) is 29.8 Å². The lowest BCUT2D eigenvalue weighted by atomic mass is 10.1. The van der Waals surface area contributed by atoms with Gasteiger partial charge in [0.05, 0.1) is 6.61 Å². The number of ether oxygens (including phenoxy) is 1. The summed E-state index contributed by atoms with van der Waals surface area (Å²) in [6.07, 6.45) is 2.17. The molecule has 5 nitrogen and oxygen atoms in total. The zero-order valence-electron chi connectivity index (χ0n) is 11.9. The van der Waals surface area contributed by atoms with E-state index >= 15 is 0 Å². The number of rotatable bonds is 9. The van der Waals surface area contributed by atoms with E-state index in [0.29, 0.717) is 37.3 Å². The molecule has 0 heterocycles. The Kier molecular flexibility index (Phi) is 6.56. The van der Waals surface area contributed by atoms with Crippen molar-refractivity contribution in [1.29, 1.82) is 0 Å². The molecule has 1 amide bonds. The summed E-state index contributed by atoms with van der Waals surface area (Å²) >= 11 is 0. The summed E-state index contributed by atoms with van der Waals surface area (Å²) in [6, 6.07) is 5.93. The Morgan fingerprint density at radius 1 is 1.40 bits per heavy atom. The van der Waals surface area contributed by atoms with Crippen molar-refractivity contribution in [2.45, 2.75) is 32.7 Å². The van der Waals surface area contributed by atoms with Crippen LogP contribution in [-0.4, -0.2) is 35.5 Å². The van der Waals surface area contributed by atoms with Crippen molar-refractivity contribution >= 4 is 12.4 Å². The van der Waals surface area contributed by atoms with Gasteiger partial charge in [0.1, 0.15) is 5.75 Å². The van der Waals surface area contributed by atoms with Crippen LogP contribution in [-0.2, 0) is 9.59 Å². The number of nitrogens with zero attached hydrogens (tertiary/aromatic N) is 1. The van der Waals surface area contributed by atoms with Gasteiger partial charge in [0.15, 0.2) is 6.04 Å². The van der Waals surface area contributed by atoms with E-state index in [9.17, 15) is 14.7 Å². The molecule has 110 valence electrons. The number of aliphatic carboxylic acids is 1. The van der Waals surface area contributed by atoms with E-state index < -0.39 is 12.0 Å². The molecule has 5 heteroatoms. The topological polar surface area (TPSA) is 66.8 Å². The van der Waals surface area contributed by atoms with E-state index in [0.717, 1.165) is 6.42 Å². The zero-order valence-corrected chi connectivity index (χ0v) is 11.9. The first-order valence-corrected chi connectivity index (χ1v) is 6.80. The number of carbonyl (C=O) groups excluding carboxylic acids is 1.